The average molecular weight is 218 g/mol. The van der Waals surface area contributed by atoms with Crippen LogP contribution in [0.25, 0.3) is 0 Å². The zero-order valence-electron chi connectivity index (χ0n) is 9.82. The minimum Gasteiger partial charge on any atom is -0.481 e. The van der Waals surface area contributed by atoms with E-state index in [1.54, 1.807) is 0 Å². The van der Waals surface area contributed by atoms with Crippen molar-refractivity contribution in [2.24, 2.45) is 0 Å². The third-order valence-electron chi connectivity index (χ3n) is 1.90. The van der Waals surface area contributed by atoms with Crippen LogP contribution < -0.4 is 5.32 Å². The summed E-state index contributed by atoms with van der Waals surface area (Å²) in [7, 11) is 3.99. The van der Waals surface area contributed by atoms with Crippen molar-refractivity contribution in [2.75, 3.05) is 40.4 Å². The number of likely N-dealkylation sites (N-methyl/N-ethyl adjacent to an activating group) is 1. The number of rotatable bonds is 9. The number of carbonyl (C=O) groups is 1. The molecule has 15 heavy (non-hydrogen) atoms. The molecule has 0 aromatic carbocycles. The van der Waals surface area contributed by atoms with Crippen LogP contribution in [0.3, 0.4) is 0 Å². The molecule has 0 aromatic rings. The monoisotopic (exact) mass is 218 g/mol. The molecule has 0 aliphatic rings. The van der Waals surface area contributed by atoms with Crippen LogP contribution in [0.4, 0.5) is 0 Å². The quantitative estimate of drug-likeness (QED) is 0.534. The Kier molecular flexibility index (Phi) is 8.27. The maximum Gasteiger partial charge on any atom is 0.304 e. The Morgan fingerprint density at radius 2 is 2.13 bits per heavy atom. The zero-order valence-corrected chi connectivity index (χ0v) is 9.82. The Bertz CT molecular complexity index is 174. The van der Waals surface area contributed by atoms with Crippen molar-refractivity contribution in [1.29, 1.82) is 0 Å². The maximum absolute atomic E-state index is 10.3. The number of carboxylic acid groups (broad SMARTS) is 1. The van der Waals surface area contributed by atoms with E-state index in [0.29, 0.717) is 19.8 Å². The van der Waals surface area contributed by atoms with Gasteiger partial charge >= 0.3 is 5.97 Å². The van der Waals surface area contributed by atoms with Crippen molar-refractivity contribution in [2.45, 2.75) is 19.4 Å². The molecule has 1 atom stereocenters. The number of carboxylic acids is 1. The molecule has 0 amide bonds. The minimum atomic E-state index is -0.775. The third kappa shape index (κ3) is 11.3. The first-order valence-corrected chi connectivity index (χ1v) is 5.20. The molecule has 90 valence electrons. The van der Waals surface area contributed by atoms with Gasteiger partial charge in [0.1, 0.15) is 0 Å². The van der Waals surface area contributed by atoms with E-state index in [-0.39, 0.29) is 12.5 Å². The van der Waals surface area contributed by atoms with Gasteiger partial charge in [-0.3, -0.25) is 4.79 Å². The number of nitrogens with one attached hydrogen (secondary N) is 1. The van der Waals surface area contributed by atoms with Crippen LogP contribution in [0, 0.1) is 0 Å². The molecule has 0 saturated carbocycles. The molecule has 0 aliphatic carbocycles. The highest BCUT2D eigenvalue weighted by molar-refractivity contribution is 5.67. The Morgan fingerprint density at radius 3 is 2.67 bits per heavy atom. The largest absolute Gasteiger partial charge is 0.481 e. The SMILES string of the molecule is CC(CC(=O)O)NCCOCCN(C)C. The molecule has 2 N–H and O–H groups in total. The first-order valence-electron chi connectivity index (χ1n) is 5.20. The molecule has 0 fully saturated rings. The van der Waals surface area contributed by atoms with Gasteiger partial charge in [-0.2, -0.15) is 0 Å². The number of hydrogen-bond acceptors (Lipinski definition) is 4. The lowest BCUT2D eigenvalue weighted by Crippen LogP contribution is -2.31. The summed E-state index contributed by atoms with van der Waals surface area (Å²) < 4.78 is 5.35. The highest BCUT2D eigenvalue weighted by Gasteiger charge is 2.05. The molecule has 1 unspecified atom stereocenters. The number of ether oxygens (including phenoxy) is 1. The third-order valence-corrected chi connectivity index (χ3v) is 1.90. The van der Waals surface area contributed by atoms with Crippen LogP contribution in [0.5, 0.6) is 0 Å². The van der Waals surface area contributed by atoms with E-state index in [0.717, 1.165) is 6.54 Å². The van der Waals surface area contributed by atoms with E-state index in [2.05, 4.69) is 10.2 Å². The van der Waals surface area contributed by atoms with Crippen LogP contribution in [-0.2, 0) is 9.53 Å². The number of aliphatic carboxylic acids is 1. The Balaban J connectivity index is 3.20. The smallest absolute Gasteiger partial charge is 0.304 e. The summed E-state index contributed by atoms with van der Waals surface area (Å²) in [5.74, 6) is -0.775. The second kappa shape index (κ2) is 8.64. The molecule has 0 spiro atoms. The summed E-state index contributed by atoms with van der Waals surface area (Å²) >= 11 is 0. The first-order chi connectivity index (χ1) is 7.02. The van der Waals surface area contributed by atoms with Crippen molar-refractivity contribution >= 4 is 5.97 Å². The average Bonchev–Trinajstić information content (AvgIpc) is 2.09. The molecular weight excluding hydrogens is 196 g/mol. The topological polar surface area (TPSA) is 61.8 Å². The minimum absolute atomic E-state index is 0.0000475. The van der Waals surface area contributed by atoms with Crippen LogP contribution in [0.15, 0.2) is 0 Å². The van der Waals surface area contributed by atoms with Gasteiger partial charge < -0.3 is 20.1 Å². The van der Waals surface area contributed by atoms with E-state index in [4.69, 9.17) is 9.84 Å². The van der Waals surface area contributed by atoms with Crippen molar-refractivity contribution in [3.63, 3.8) is 0 Å². The number of nitrogens with zero attached hydrogens (tertiary/aromatic N) is 1. The Labute approximate surface area is 91.4 Å². The predicted molar refractivity (Wildman–Crippen MR) is 59.1 cm³/mol. The highest BCUT2D eigenvalue weighted by atomic mass is 16.5. The molecule has 0 bridgehead atoms. The number of hydrogen-bond donors (Lipinski definition) is 2. The molecule has 0 aromatic heterocycles. The molecule has 0 heterocycles. The summed E-state index contributed by atoms with van der Waals surface area (Å²) in [4.78, 5) is 12.4. The van der Waals surface area contributed by atoms with Gasteiger partial charge in [0.2, 0.25) is 0 Å². The Hall–Kier alpha value is -0.650. The lowest BCUT2D eigenvalue weighted by atomic mass is 10.2. The van der Waals surface area contributed by atoms with Gasteiger partial charge in [-0.25, -0.2) is 0 Å². The Morgan fingerprint density at radius 1 is 1.47 bits per heavy atom. The fraction of sp³-hybridized carbons (Fsp3) is 0.900. The summed E-state index contributed by atoms with van der Waals surface area (Å²) in [6.45, 7) is 4.79. The van der Waals surface area contributed by atoms with Gasteiger partial charge in [-0.05, 0) is 21.0 Å². The standard InChI is InChI=1S/C10H22N2O3/c1-9(8-10(13)14)11-4-6-15-7-5-12(2)3/h9,11H,4-8H2,1-3H3,(H,13,14). The summed E-state index contributed by atoms with van der Waals surface area (Å²) in [5.41, 5.74) is 0. The lowest BCUT2D eigenvalue weighted by molar-refractivity contribution is -0.137. The van der Waals surface area contributed by atoms with Crippen LogP contribution in [-0.4, -0.2) is 62.4 Å². The molecule has 0 rings (SSSR count). The van der Waals surface area contributed by atoms with Gasteiger partial charge in [-0.1, -0.05) is 0 Å². The highest BCUT2D eigenvalue weighted by Crippen LogP contribution is 1.89. The molecule has 0 saturated heterocycles. The normalized spacial score (nSPS) is 13.1. The summed E-state index contributed by atoms with van der Waals surface area (Å²) in [6.07, 6.45) is 0.150. The van der Waals surface area contributed by atoms with Crippen LogP contribution in [0.1, 0.15) is 13.3 Å². The van der Waals surface area contributed by atoms with Crippen LogP contribution in [0.2, 0.25) is 0 Å². The summed E-state index contributed by atoms with van der Waals surface area (Å²) in [6, 6.07) is -0.0000475. The van der Waals surface area contributed by atoms with E-state index >= 15 is 0 Å². The van der Waals surface area contributed by atoms with Gasteiger partial charge in [0.05, 0.1) is 19.6 Å². The van der Waals surface area contributed by atoms with Gasteiger partial charge in [0.25, 0.3) is 0 Å². The van der Waals surface area contributed by atoms with Crippen molar-refractivity contribution in [1.82, 2.24) is 10.2 Å². The van der Waals surface area contributed by atoms with E-state index < -0.39 is 5.97 Å². The lowest BCUT2D eigenvalue weighted by Gasteiger charge is -2.12. The molecule has 5 nitrogen and oxygen atoms in total. The van der Waals surface area contributed by atoms with Crippen LogP contribution >= 0.6 is 0 Å². The van der Waals surface area contributed by atoms with Crippen molar-refractivity contribution in [3.8, 4) is 0 Å². The molecule has 0 radical (unpaired) electrons. The van der Waals surface area contributed by atoms with E-state index in [1.807, 2.05) is 21.0 Å². The van der Waals surface area contributed by atoms with Gasteiger partial charge in [-0.15, -0.1) is 0 Å². The van der Waals surface area contributed by atoms with E-state index in [1.165, 1.54) is 0 Å². The fourth-order valence-electron chi connectivity index (χ4n) is 1.06. The first kappa shape index (κ1) is 14.3. The van der Waals surface area contributed by atoms with Gasteiger partial charge in [0.15, 0.2) is 0 Å². The maximum atomic E-state index is 10.3. The molecule has 0 aliphatic heterocycles. The van der Waals surface area contributed by atoms with Crippen molar-refractivity contribution in [3.05, 3.63) is 0 Å². The summed E-state index contributed by atoms with van der Waals surface area (Å²) in [5, 5.41) is 11.6. The molecule has 5 heteroatoms. The van der Waals surface area contributed by atoms with E-state index in [9.17, 15) is 4.79 Å². The van der Waals surface area contributed by atoms with Crippen molar-refractivity contribution < 1.29 is 14.6 Å². The fourth-order valence-corrected chi connectivity index (χ4v) is 1.06. The van der Waals surface area contributed by atoms with Gasteiger partial charge in [0, 0.05) is 19.1 Å². The predicted octanol–water partition coefficient (Wildman–Crippen LogP) is 0.0174. The second-order valence-electron chi connectivity index (χ2n) is 3.87. The molecular formula is C10H22N2O3. The zero-order chi connectivity index (χ0) is 11.7. The second-order valence-corrected chi connectivity index (χ2v) is 3.87.